The number of H-pyrrole nitrogens is 1. The summed E-state index contributed by atoms with van der Waals surface area (Å²) >= 11 is 0. The third-order valence-corrected chi connectivity index (χ3v) is 5.31. The Balaban J connectivity index is 1.69. The van der Waals surface area contributed by atoms with E-state index in [1.54, 1.807) is 29.1 Å². The fourth-order valence-corrected chi connectivity index (χ4v) is 3.97. The Morgan fingerprint density at radius 3 is 2.75 bits per heavy atom. The van der Waals surface area contributed by atoms with Crippen molar-refractivity contribution in [3.8, 4) is 11.1 Å². The van der Waals surface area contributed by atoms with E-state index in [0.717, 1.165) is 36.9 Å². The second kappa shape index (κ2) is 7.63. The molecule has 4 rings (SSSR count). The molecule has 3 heterocycles. The number of ether oxygens (including phenoxy) is 1. The molecule has 1 aromatic carbocycles. The predicted molar refractivity (Wildman–Crippen MR) is 106 cm³/mol. The number of benzene rings is 1. The normalized spacial score (nSPS) is 21.9. The van der Waals surface area contributed by atoms with E-state index >= 15 is 0 Å². The number of nitrogens with zero attached hydrogens (tertiary/aromatic N) is 3. The van der Waals surface area contributed by atoms with Crippen molar-refractivity contribution in [3.05, 3.63) is 30.6 Å². The monoisotopic (exact) mass is 383 g/mol. The van der Waals surface area contributed by atoms with Gasteiger partial charge in [0.2, 0.25) is 5.91 Å². The van der Waals surface area contributed by atoms with E-state index < -0.39 is 0 Å². The standard InChI is InChI=1S/C20H25N5O3/c1-13-12-24(20(27)28-19-5-3-4-8-21-19)18-9-15(16-10-22-23-11-16)6-7-17(18)25(13)14(2)26/h6-7,9-11,13,19,21H,3-5,8,12H2,1-2H3,(H,22,23)/t13-,19?/m0/s1. The highest BCUT2D eigenvalue weighted by Crippen LogP contribution is 2.39. The van der Waals surface area contributed by atoms with Gasteiger partial charge in [-0.2, -0.15) is 5.10 Å². The van der Waals surface area contributed by atoms with Gasteiger partial charge in [0.25, 0.3) is 0 Å². The molecule has 28 heavy (non-hydrogen) atoms. The van der Waals surface area contributed by atoms with E-state index in [1.165, 1.54) is 0 Å². The molecule has 0 radical (unpaired) electrons. The Labute approximate surface area is 163 Å². The topological polar surface area (TPSA) is 90.6 Å². The summed E-state index contributed by atoms with van der Waals surface area (Å²) < 4.78 is 5.72. The number of hydrogen-bond acceptors (Lipinski definition) is 5. The first kappa shape index (κ1) is 18.5. The average Bonchev–Trinajstić information content (AvgIpc) is 3.22. The van der Waals surface area contributed by atoms with E-state index in [-0.39, 0.29) is 24.3 Å². The molecule has 2 atom stereocenters. The maximum absolute atomic E-state index is 13.0. The molecule has 0 spiro atoms. The van der Waals surface area contributed by atoms with Gasteiger partial charge in [-0.25, -0.2) is 4.79 Å². The zero-order chi connectivity index (χ0) is 19.7. The van der Waals surface area contributed by atoms with Gasteiger partial charge in [-0.05, 0) is 50.4 Å². The molecule has 0 saturated carbocycles. The van der Waals surface area contributed by atoms with Gasteiger partial charge in [-0.3, -0.25) is 20.1 Å². The quantitative estimate of drug-likeness (QED) is 0.832. The number of aromatic amines is 1. The number of nitrogens with one attached hydrogen (secondary N) is 2. The summed E-state index contributed by atoms with van der Waals surface area (Å²) in [6.07, 6.45) is 5.83. The Morgan fingerprint density at radius 1 is 1.21 bits per heavy atom. The summed E-state index contributed by atoms with van der Waals surface area (Å²) in [5.74, 6) is -0.0493. The lowest BCUT2D eigenvalue weighted by Gasteiger charge is -2.41. The number of fused-ring (bicyclic) bond motifs is 1. The van der Waals surface area contributed by atoms with E-state index in [4.69, 9.17) is 4.74 Å². The first-order valence-corrected chi connectivity index (χ1v) is 9.69. The van der Waals surface area contributed by atoms with Crippen molar-refractivity contribution < 1.29 is 14.3 Å². The number of carbonyl (C=O) groups is 2. The number of aromatic nitrogens is 2. The van der Waals surface area contributed by atoms with E-state index in [0.29, 0.717) is 17.9 Å². The molecular formula is C20H25N5O3. The van der Waals surface area contributed by atoms with Crippen LogP contribution in [0.1, 0.15) is 33.1 Å². The smallest absolute Gasteiger partial charge is 0.416 e. The number of amides is 2. The van der Waals surface area contributed by atoms with E-state index in [1.807, 2.05) is 25.1 Å². The van der Waals surface area contributed by atoms with E-state index in [9.17, 15) is 9.59 Å². The van der Waals surface area contributed by atoms with Gasteiger partial charge in [0.15, 0.2) is 6.23 Å². The largest absolute Gasteiger partial charge is 0.430 e. The summed E-state index contributed by atoms with van der Waals surface area (Å²) in [4.78, 5) is 28.6. The molecule has 2 aromatic rings. The molecule has 2 aliphatic heterocycles. The number of piperidine rings is 1. The summed E-state index contributed by atoms with van der Waals surface area (Å²) in [5.41, 5.74) is 3.22. The molecule has 1 fully saturated rings. The Bertz CT molecular complexity index is 861. The summed E-state index contributed by atoms with van der Waals surface area (Å²) in [6, 6.07) is 5.59. The van der Waals surface area contributed by atoms with Crippen LogP contribution in [0.5, 0.6) is 0 Å². The molecule has 0 bridgehead atoms. The average molecular weight is 383 g/mol. The lowest BCUT2D eigenvalue weighted by atomic mass is 10.0. The van der Waals surface area contributed by atoms with E-state index in [2.05, 4.69) is 15.5 Å². The van der Waals surface area contributed by atoms with Gasteiger partial charge in [0.05, 0.1) is 23.6 Å². The number of rotatable bonds is 2. The van der Waals surface area contributed by atoms with Crippen LogP contribution < -0.4 is 15.1 Å². The van der Waals surface area contributed by atoms with Crippen LogP contribution in [0.15, 0.2) is 30.6 Å². The number of hydrogen-bond donors (Lipinski definition) is 2. The fourth-order valence-electron chi connectivity index (χ4n) is 3.97. The number of carbonyl (C=O) groups excluding carboxylic acids is 2. The van der Waals surface area contributed by atoms with Crippen LogP contribution in [-0.2, 0) is 9.53 Å². The van der Waals surface area contributed by atoms with Crippen LogP contribution in [0.4, 0.5) is 16.2 Å². The maximum Gasteiger partial charge on any atom is 0.416 e. The van der Waals surface area contributed by atoms with Crippen LogP contribution >= 0.6 is 0 Å². The Morgan fingerprint density at radius 2 is 2.07 bits per heavy atom. The van der Waals surface area contributed by atoms with Crippen LogP contribution in [0, 0.1) is 0 Å². The second-order valence-corrected chi connectivity index (χ2v) is 7.36. The molecular weight excluding hydrogens is 358 g/mol. The molecule has 148 valence electrons. The van der Waals surface area contributed by atoms with Crippen LogP contribution in [-0.4, -0.2) is 47.6 Å². The predicted octanol–water partition coefficient (Wildman–Crippen LogP) is 2.87. The van der Waals surface area contributed by atoms with Gasteiger partial charge in [0.1, 0.15) is 0 Å². The molecule has 0 aliphatic carbocycles. The van der Waals surface area contributed by atoms with Crippen molar-refractivity contribution in [1.29, 1.82) is 0 Å². The third-order valence-electron chi connectivity index (χ3n) is 5.31. The summed E-state index contributed by atoms with van der Waals surface area (Å²) in [6.45, 7) is 4.72. The zero-order valence-electron chi connectivity index (χ0n) is 16.1. The van der Waals surface area contributed by atoms with Crippen LogP contribution in [0.2, 0.25) is 0 Å². The highest BCUT2D eigenvalue weighted by Gasteiger charge is 2.35. The summed E-state index contributed by atoms with van der Waals surface area (Å²) in [5, 5.41) is 10.0. The zero-order valence-corrected chi connectivity index (χ0v) is 16.1. The molecule has 1 aromatic heterocycles. The fraction of sp³-hybridized carbons (Fsp3) is 0.450. The first-order valence-electron chi connectivity index (χ1n) is 9.69. The lowest BCUT2D eigenvalue weighted by Crippen LogP contribution is -2.52. The van der Waals surface area contributed by atoms with Crippen molar-refractivity contribution in [2.24, 2.45) is 0 Å². The molecule has 8 nitrogen and oxygen atoms in total. The van der Waals surface area contributed by atoms with Gasteiger partial charge in [0, 0.05) is 25.2 Å². The lowest BCUT2D eigenvalue weighted by molar-refractivity contribution is -0.117. The molecule has 2 aliphatic rings. The second-order valence-electron chi connectivity index (χ2n) is 7.36. The van der Waals surface area contributed by atoms with Gasteiger partial charge in [-0.1, -0.05) is 6.07 Å². The van der Waals surface area contributed by atoms with Crippen LogP contribution in [0.3, 0.4) is 0 Å². The van der Waals surface area contributed by atoms with Crippen molar-refractivity contribution in [2.75, 3.05) is 22.9 Å². The highest BCUT2D eigenvalue weighted by molar-refractivity contribution is 6.03. The number of anilines is 2. The Hall–Kier alpha value is -2.87. The molecule has 1 saturated heterocycles. The summed E-state index contributed by atoms with van der Waals surface area (Å²) in [7, 11) is 0. The first-order chi connectivity index (χ1) is 13.5. The van der Waals surface area contributed by atoms with Crippen molar-refractivity contribution in [2.45, 2.75) is 45.4 Å². The van der Waals surface area contributed by atoms with Crippen molar-refractivity contribution in [1.82, 2.24) is 15.5 Å². The third kappa shape index (κ3) is 3.47. The van der Waals surface area contributed by atoms with Crippen molar-refractivity contribution >= 4 is 23.4 Å². The minimum absolute atomic E-state index is 0.0493. The Kier molecular flexibility index (Phi) is 5.04. The van der Waals surface area contributed by atoms with Gasteiger partial charge >= 0.3 is 6.09 Å². The molecule has 1 unspecified atom stereocenters. The SMILES string of the molecule is CC(=O)N1c2ccc(-c3cn[nH]c3)cc2N(C(=O)OC2CCCCN2)C[C@@H]1C. The van der Waals surface area contributed by atoms with Crippen molar-refractivity contribution in [3.63, 3.8) is 0 Å². The van der Waals surface area contributed by atoms with Gasteiger partial charge < -0.3 is 9.64 Å². The maximum atomic E-state index is 13.0. The molecule has 2 N–H and O–H groups in total. The highest BCUT2D eigenvalue weighted by atomic mass is 16.6. The molecule has 2 amide bonds. The van der Waals surface area contributed by atoms with Gasteiger partial charge in [-0.15, -0.1) is 0 Å². The minimum Gasteiger partial charge on any atom is -0.430 e. The minimum atomic E-state index is -0.389. The molecule has 8 heteroatoms. The van der Waals surface area contributed by atoms with Crippen LogP contribution in [0.25, 0.3) is 11.1 Å².